The van der Waals surface area contributed by atoms with Gasteiger partial charge < -0.3 is 10.2 Å². The van der Waals surface area contributed by atoms with E-state index >= 15 is 0 Å². The first-order chi connectivity index (χ1) is 3.66. The first kappa shape index (κ1) is 7.88. The number of hydrogen-bond acceptors (Lipinski definition) is 3. The molecular weight excluding hydrogens is 106 g/mol. The van der Waals surface area contributed by atoms with Crippen LogP contribution in [0.15, 0.2) is 0 Å². The van der Waals surface area contributed by atoms with Crippen LogP contribution in [-0.4, -0.2) is 41.5 Å². The first-order valence-corrected chi connectivity index (χ1v) is 2.64. The molecule has 0 aliphatic heterocycles. The third-order valence-electron chi connectivity index (χ3n) is 0.817. The molecule has 0 aromatic carbocycles. The molecule has 3 heteroatoms. The molecule has 1 unspecified atom stereocenters. The zero-order valence-electron chi connectivity index (χ0n) is 5.33. The van der Waals surface area contributed by atoms with Crippen molar-refractivity contribution in [2.45, 2.75) is 13.0 Å². The maximum absolute atomic E-state index is 8.70. The summed E-state index contributed by atoms with van der Waals surface area (Å²) < 4.78 is 0. The van der Waals surface area contributed by atoms with Crippen LogP contribution in [0, 0.1) is 0 Å². The minimum atomic E-state index is -0.354. The Labute approximate surface area is 49.5 Å². The van der Waals surface area contributed by atoms with Crippen molar-refractivity contribution in [1.29, 1.82) is 0 Å². The van der Waals surface area contributed by atoms with Crippen molar-refractivity contribution in [2.75, 3.05) is 20.3 Å². The fourth-order valence-electron chi connectivity index (χ4n) is 0.509. The zero-order chi connectivity index (χ0) is 6.57. The van der Waals surface area contributed by atoms with Gasteiger partial charge in [-0.2, -0.15) is 0 Å². The number of aliphatic hydroxyl groups excluding tert-OH is 2. The highest BCUT2D eigenvalue weighted by atomic mass is 16.3. The molecule has 0 amide bonds. The van der Waals surface area contributed by atoms with Gasteiger partial charge in [0.25, 0.3) is 0 Å². The maximum atomic E-state index is 8.70. The van der Waals surface area contributed by atoms with Crippen molar-refractivity contribution in [3.63, 3.8) is 0 Å². The van der Waals surface area contributed by atoms with E-state index in [4.69, 9.17) is 10.2 Å². The lowest BCUT2D eigenvalue weighted by Crippen LogP contribution is -2.27. The molecule has 2 N–H and O–H groups in total. The summed E-state index contributed by atoms with van der Waals surface area (Å²) in [4.78, 5) is 1.63. The lowest BCUT2D eigenvalue weighted by Gasteiger charge is -2.13. The van der Waals surface area contributed by atoms with E-state index in [1.54, 1.807) is 18.9 Å². The molecule has 0 aromatic heterocycles. The van der Waals surface area contributed by atoms with Crippen LogP contribution in [0.5, 0.6) is 0 Å². The van der Waals surface area contributed by atoms with Crippen molar-refractivity contribution < 1.29 is 10.2 Å². The average molecular weight is 119 g/mol. The summed E-state index contributed by atoms with van der Waals surface area (Å²) in [6.45, 7) is 2.22. The van der Waals surface area contributed by atoms with E-state index in [0.29, 0.717) is 6.54 Å². The lowest BCUT2D eigenvalue weighted by molar-refractivity contribution is 0.0783. The van der Waals surface area contributed by atoms with Gasteiger partial charge in [-0.3, -0.25) is 4.90 Å². The summed E-state index contributed by atoms with van der Waals surface area (Å²) in [7, 11) is 1.74. The SMILES string of the molecule is CC(O)CN(C)CO. The van der Waals surface area contributed by atoms with Crippen LogP contribution in [-0.2, 0) is 0 Å². The molecule has 8 heavy (non-hydrogen) atoms. The molecule has 0 rings (SSSR count). The summed E-state index contributed by atoms with van der Waals surface area (Å²) in [6, 6.07) is 0. The molecule has 0 saturated heterocycles. The molecule has 0 fully saturated rings. The number of hydrogen-bond donors (Lipinski definition) is 2. The molecule has 0 bridgehead atoms. The molecule has 0 aliphatic carbocycles. The summed E-state index contributed by atoms with van der Waals surface area (Å²) in [5, 5.41) is 17.1. The van der Waals surface area contributed by atoms with E-state index in [0.717, 1.165) is 0 Å². The summed E-state index contributed by atoms with van der Waals surface area (Å²) >= 11 is 0. The maximum Gasteiger partial charge on any atom is 0.0954 e. The average Bonchev–Trinajstić information content (AvgIpc) is 1.65. The second-order valence-electron chi connectivity index (χ2n) is 2.03. The standard InChI is InChI=1S/C5H13NO2/c1-5(8)3-6(2)4-7/h5,7-8H,3-4H2,1-2H3. The molecule has 0 radical (unpaired) electrons. The fraction of sp³-hybridized carbons (Fsp3) is 1.00. The van der Waals surface area contributed by atoms with Gasteiger partial charge in [-0.15, -0.1) is 0 Å². The van der Waals surface area contributed by atoms with Crippen molar-refractivity contribution in [3.05, 3.63) is 0 Å². The Morgan fingerprint density at radius 3 is 2.25 bits per heavy atom. The van der Waals surface area contributed by atoms with Crippen LogP contribution >= 0.6 is 0 Å². The van der Waals surface area contributed by atoms with Crippen LogP contribution < -0.4 is 0 Å². The first-order valence-electron chi connectivity index (χ1n) is 2.64. The van der Waals surface area contributed by atoms with Gasteiger partial charge in [0.2, 0.25) is 0 Å². The molecule has 1 atom stereocenters. The smallest absolute Gasteiger partial charge is 0.0954 e. The third kappa shape index (κ3) is 4.05. The summed E-state index contributed by atoms with van der Waals surface area (Å²) in [5.41, 5.74) is 0. The molecule has 3 nitrogen and oxygen atoms in total. The quantitative estimate of drug-likeness (QED) is 0.480. The minimum absolute atomic E-state index is 0.00486. The van der Waals surface area contributed by atoms with Crippen LogP contribution in [0.2, 0.25) is 0 Å². The normalized spacial score (nSPS) is 14.6. The Kier molecular flexibility index (Phi) is 3.77. The Morgan fingerprint density at radius 1 is 1.62 bits per heavy atom. The van der Waals surface area contributed by atoms with E-state index in [1.165, 1.54) is 0 Å². The second-order valence-corrected chi connectivity index (χ2v) is 2.03. The van der Waals surface area contributed by atoms with Gasteiger partial charge in [0.05, 0.1) is 12.8 Å². The van der Waals surface area contributed by atoms with E-state index in [9.17, 15) is 0 Å². The summed E-state index contributed by atoms with van der Waals surface area (Å²) in [6.07, 6.45) is -0.354. The largest absolute Gasteiger partial charge is 0.392 e. The molecule has 0 heterocycles. The van der Waals surface area contributed by atoms with Crippen LogP contribution in [0.4, 0.5) is 0 Å². The number of rotatable bonds is 3. The van der Waals surface area contributed by atoms with E-state index in [-0.39, 0.29) is 12.8 Å². The lowest BCUT2D eigenvalue weighted by atomic mass is 10.4. The van der Waals surface area contributed by atoms with Gasteiger partial charge in [-0.25, -0.2) is 0 Å². The number of aliphatic hydroxyl groups is 2. The Hall–Kier alpha value is -0.120. The zero-order valence-corrected chi connectivity index (χ0v) is 5.33. The van der Waals surface area contributed by atoms with Gasteiger partial charge in [0.15, 0.2) is 0 Å². The van der Waals surface area contributed by atoms with Crippen molar-refractivity contribution in [2.24, 2.45) is 0 Å². The molecular formula is C5H13NO2. The molecule has 50 valence electrons. The highest BCUT2D eigenvalue weighted by molar-refractivity contribution is 4.49. The summed E-state index contributed by atoms with van der Waals surface area (Å²) in [5.74, 6) is 0. The molecule has 0 saturated carbocycles. The minimum Gasteiger partial charge on any atom is -0.392 e. The van der Waals surface area contributed by atoms with Gasteiger partial charge >= 0.3 is 0 Å². The Bertz CT molecular complexity index is 56.4. The Balaban J connectivity index is 3.10. The fourth-order valence-corrected chi connectivity index (χ4v) is 0.509. The molecule has 0 aliphatic rings. The molecule has 0 spiro atoms. The predicted molar refractivity (Wildman–Crippen MR) is 31.4 cm³/mol. The predicted octanol–water partition coefficient (Wildman–Crippen LogP) is -0.751. The van der Waals surface area contributed by atoms with Gasteiger partial charge in [-0.05, 0) is 14.0 Å². The highest BCUT2D eigenvalue weighted by Gasteiger charge is 1.98. The van der Waals surface area contributed by atoms with Crippen LogP contribution in [0.25, 0.3) is 0 Å². The van der Waals surface area contributed by atoms with Crippen molar-refractivity contribution in [3.8, 4) is 0 Å². The monoisotopic (exact) mass is 119 g/mol. The van der Waals surface area contributed by atoms with Gasteiger partial charge in [-0.1, -0.05) is 0 Å². The second kappa shape index (κ2) is 3.83. The van der Waals surface area contributed by atoms with E-state index in [1.807, 2.05) is 0 Å². The van der Waals surface area contributed by atoms with Crippen LogP contribution in [0.3, 0.4) is 0 Å². The van der Waals surface area contributed by atoms with Gasteiger partial charge in [0.1, 0.15) is 0 Å². The third-order valence-corrected chi connectivity index (χ3v) is 0.817. The van der Waals surface area contributed by atoms with Gasteiger partial charge in [0, 0.05) is 6.54 Å². The number of nitrogens with zero attached hydrogens (tertiary/aromatic N) is 1. The van der Waals surface area contributed by atoms with Crippen molar-refractivity contribution >= 4 is 0 Å². The van der Waals surface area contributed by atoms with Crippen molar-refractivity contribution in [1.82, 2.24) is 4.90 Å². The van der Waals surface area contributed by atoms with E-state index in [2.05, 4.69) is 0 Å². The Morgan fingerprint density at radius 2 is 2.12 bits per heavy atom. The van der Waals surface area contributed by atoms with E-state index < -0.39 is 0 Å². The number of likely N-dealkylation sites (N-methyl/N-ethyl adjacent to an activating group) is 1. The van der Waals surface area contributed by atoms with Crippen LogP contribution in [0.1, 0.15) is 6.92 Å². The topological polar surface area (TPSA) is 43.7 Å². The molecule has 0 aromatic rings. The highest BCUT2D eigenvalue weighted by Crippen LogP contribution is 1.83.